The van der Waals surface area contributed by atoms with Crippen LogP contribution in [0, 0.1) is 0 Å². The maximum absolute atomic E-state index is 12.2. The molecule has 1 amide bonds. The third kappa shape index (κ3) is 7.99. The molecule has 1 unspecified atom stereocenters. The van der Waals surface area contributed by atoms with Gasteiger partial charge < -0.3 is 9.64 Å². The van der Waals surface area contributed by atoms with Crippen LogP contribution < -0.4 is 4.72 Å². The van der Waals surface area contributed by atoms with Gasteiger partial charge in [-0.1, -0.05) is 30.3 Å². The summed E-state index contributed by atoms with van der Waals surface area (Å²) in [4.78, 5) is 13.7. The van der Waals surface area contributed by atoms with E-state index < -0.39 is 21.7 Å². The lowest BCUT2D eigenvalue weighted by atomic mass is 10.1. The summed E-state index contributed by atoms with van der Waals surface area (Å²) in [6.07, 6.45) is 1.15. The van der Waals surface area contributed by atoms with E-state index in [0.717, 1.165) is 11.8 Å². The van der Waals surface area contributed by atoms with E-state index in [2.05, 4.69) is 4.72 Å². The van der Waals surface area contributed by atoms with Gasteiger partial charge in [0.05, 0.1) is 12.3 Å². The Kier molecular flexibility index (Phi) is 6.58. The van der Waals surface area contributed by atoms with Crippen LogP contribution in [0.3, 0.4) is 0 Å². The lowest BCUT2D eigenvalue weighted by Gasteiger charge is -2.31. The van der Waals surface area contributed by atoms with E-state index in [0.29, 0.717) is 6.42 Å². The van der Waals surface area contributed by atoms with Crippen LogP contribution >= 0.6 is 0 Å². The van der Waals surface area contributed by atoms with Gasteiger partial charge >= 0.3 is 6.09 Å². The summed E-state index contributed by atoms with van der Waals surface area (Å²) >= 11 is 0. The molecule has 0 heterocycles. The molecule has 23 heavy (non-hydrogen) atoms. The molecule has 1 aromatic carbocycles. The largest absolute Gasteiger partial charge is 0.444 e. The Labute approximate surface area is 138 Å². The lowest BCUT2D eigenvalue weighted by molar-refractivity contribution is 0.0225. The van der Waals surface area contributed by atoms with Gasteiger partial charge in [-0.2, -0.15) is 0 Å². The van der Waals surface area contributed by atoms with Gasteiger partial charge in [0.15, 0.2) is 0 Å². The second-order valence-corrected chi connectivity index (χ2v) is 8.39. The molecule has 0 saturated carbocycles. The summed E-state index contributed by atoms with van der Waals surface area (Å²) in [7, 11) is -1.72. The van der Waals surface area contributed by atoms with Crippen LogP contribution in [0.1, 0.15) is 26.3 Å². The van der Waals surface area contributed by atoms with Gasteiger partial charge in [-0.15, -0.1) is 0 Å². The number of benzene rings is 1. The van der Waals surface area contributed by atoms with E-state index in [-0.39, 0.29) is 12.6 Å². The standard InChI is InChI=1S/C16H26N2O4S/c1-16(2,3)22-15(19)18(4)14(12-17-23(5,20)21)11-13-9-7-6-8-10-13/h6-10,14,17H,11-12H2,1-5H3. The van der Waals surface area contributed by atoms with Crippen molar-refractivity contribution in [1.29, 1.82) is 0 Å². The third-order valence-corrected chi connectivity index (χ3v) is 3.82. The van der Waals surface area contributed by atoms with Crippen LogP contribution in [0.4, 0.5) is 4.79 Å². The van der Waals surface area contributed by atoms with Crippen molar-refractivity contribution < 1.29 is 17.9 Å². The Hall–Kier alpha value is -1.60. The van der Waals surface area contributed by atoms with E-state index in [1.807, 2.05) is 30.3 Å². The number of rotatable bonds is 6. The van der Waals surface area contributed by atoms with Gasteiger partial charge in [0.1, 0.15) is 5.60 Å². The Morgan fingerprint density at radius 2 is 1.83 bits per heavy atom. The topological polar surface area (TPSA) is 75.7 Å². The van der Waals surface area contributed by atoms with Crippen molar-refractivity contribution in [2.45, 2.75) is 38.8 Å². The van der Waals surface area contributed by atoms with Crippen LogP contribution in [-0.2, 0) is 21.2 Å². The van der Waals surface area contributed by atoms with Crippen LogP contribution in [-0.4, -0.2) is 50.9 Å². The minimum atomic E-state index is -3.33. The van der Waals surface area contributed by atoms with Crippen LogP contribution in [0.15, 0.2) is 30.3 Å². The number of hydrogen-bond acceptors (Lipinski definition) is 4. The smallest absolute Gasteiger partial charge is 0.410 e. The highest BCUT2D eigenvalue weighted by atomic mass is 32.2. The number of sulfonamides is 1. The second kappa shape index (κ2) is 7.79. The fourth-order valence-corrected chi connectivity index (χ4v) is 2.46. The molecule has 0 radical (unpaired) electrons. The van der Waals surface area contributed by atoms with Crippen molar-refractivity contribution in [1.82, 2.24) is 9.62 Å². The molecule has 6 nitrogen and oxygen atoms in total. The van der Waals surface area contributed by atoms with E-state index in [9.17, 15) is 13.2 Å². The summed E-state index contributed by atoms with van der Waals surface area (Å²) in [5.74, 6) is 0. The van der Waals surface area contributed by atoms with Crippen LogP contribution in [0.5, 0.6) is 0 Å². The molecule has 0 spiro atoms. The number of hydrogen-bond donors (Lipinski definition) is 1. The van der Waals surface area contributed by atoms with E-state index in [4.69, 9.17) is 4.74 Å². The first-order valence-electron chi connectivity index (χ1n) is 7.42. The average molecular weight is 342 g/mol. The average Bonchev–Trinajstić information content (AvgIpc) is 2.41. The number of carbonyl (C=O) groups excluding carboxylic acids is 1. The summed E-state index contributed by atoms with van der Waals surface area (Å²) in [5.41, 5.74) is 0.413. The number of carbonyl (C=O) groups is 1. The summed E-state index contributed by atoms with van der Waals surface area (Å²) in [6, 6.07) is 9.26. The number of ether oxygens (including phenoxy) is 1. The van der Waals surface area contributed by atoms with Crippen molar-refractivity contribution in [2.24, 2.45) is 0 Å². The molecule has 0 aliphatic rings. The Morgan fingerprint density at radius 3 is 2.30 bits per heavy atom. The Morgan fingerprint density at radius 1 is 1.26 bits per heavy atom. The predicted molar refractivity (Wildman–Crippen MR) is 90.8 cm³/mol. The SMILES string of the molecule is CN(C(=O)OC(C)(C)C)C(CNS(C)(=O)=O)Cc1ccccc1. The molecule has 0 aliphatic carbocycles. The number of nitrogens with one attached hydrogen (secondary N) is 1. The second-order valence-electron chi connectivity index (χ2n) is 6.56. The molecule has 1 aromatic rings. The Balaban J connectivity index is 2.86. The first-order valence-corrected chi connectivity index (χ1v) is 9.31. The highest BCUT2D eigenvalue weighted by molar-refractivity contribution is 7.88. The molecular weight excluding hydrogens is 316 g/mol. The highest BCUT2D eigenvalue weighted by Gasteiger charge is 2.26. The maximum atomic E-state index is 12.2. The third-order valence-electron chi connectivity index (χ3n) is 3.12. The molecule has 0 saturated heterocycles. The molecule has 1 rings (SSSR count). The van der Waals surface area contributed by atoms with Gasteiger partial charge in [0, 0.05) is 13.6 Å². The molecule has 0 aromatic heterocycles. The number of likely N-dealkylation sites (N-methyl/N-ethyl adjacent to an activating group) is 1. The highest BCUT2D eigenvalue weighted by Crippen LogP contribution is 2.13. The predicted octanol–water partition coefficient (Wildman–Crippen LogP) is 2.01. The normalized spacial score (nSPS) is 13.4. The van der Waals surface area contributed by atoms with Crippen molar-refractivity contribution in [2.75, 3.05) is 19.8 Å². The molecular formula is C16H26N2O4S. The fraction of sp³-hybridized carbons (Fsp3) is 0.562. The molecule has 0 fully saturated rings. The van der Waals surface area contributed by atoms with Gasteiger partial charge in [-0.05, 0) is 32.8 Å². The summed E-state index contributed by atoms with van der Waals surface area (Å²) in [5, 5.41) is 0. The minimum absolute atomic E-state index is 0.128. The van der Waals surface area contributed by atoms with E-state index in [1.54, 1.807) is 27.8 Å². The zero-order valence-corrected chi connectivity index (χ0v) is 15.2. The number of nitrogens with zero attached hydrogens (tertiary/aromatic N) is 1. The molecule has 0 aliphatic heterocycles. The van der Waals surface area contributed by atoms with Gasteiger partial charge in [-0.3, -0.25) is 0 Å². The minimum Gasteiger partial charge on any atom is -0.444 e. The fourth-order valence-electron chi connectivity index (χ4n) is 1.96. The first-order chi connectivity index (χ1) is 10.5. The van der Waals surface area contributed by atoms with Crippen LogP contribution in [0.25, 0.3) is 0 Å². The van der Waals surface area contributed by atoms with E-state index in [1.165, 1.54) is 4.90 Å². The first kappa shape index (κ1) is 19.4. The zero-order valence-electron chi connectivity index (χ0n) is 14.4. The monoisotopic (exact) mass is 342 g/mol. The van der Waals surface area contributed by atoms with Crippen molar-refractivity contribution in [3.8, 4) is 0 Å². The zero-order chi connectivity index (χ0) is 17.7. The van der Waals surface area contributed by atoms with E-state index >= 15 is 0 Å². The molecule has 1 N–H and O–H groups in total. The summed E-state index contributed by atoms with van der Waals surface area (Å²) in [6.45, 7) is 5.50. The molecule has 7 heteroatoms. The molecule has 0 bridgehead atoms. The van der Waals surface area contributed by atoms with Crippen LogP contribution in [0.2, 0.25) is 0 Å². The van der Waals surface area contributed by atoms with Crippen molar-refractivity contribution in [3.05, 3.63) is 35.9 Å². The van der Waals surface area contributed by atoms with Gasteiger partial charge in [-0.25, -0.2) is 17.9 Å². The molecule has 130 valence electrons. The number of amides is 1. The summed E-state index contributed by atoms with van der Waals surface area (Å²) < 4.78 is 30.6. The van der Waals surface area contributed by atoms with Gasteiger partial charge in [0.2, 0.25) is 10.0 Å². The van der Waals surface area contributed by atoms with Gasteiger partial charge in [0.25, 0.3) is 0 Å². The quantitative estimate of drug-likeness (QED) is 0.858. The van der Waals surface area contributed by atoms with Crippen molar-refractivity contribution >= 4 is 16.1 Å². The molecule has 1 atom stereocenters. The lowest BCUT2D eigenvalue weighted by Crippen LogP contribution is -2.47. The maximum Gasteiger partial charge on any atom is 0.410 e. The van der Waals surface area contributed by atoms with Crippen molar-refractivity contribution in [3.63, 3.8) is 0 Å². The Bertz CT molecular complexity index is 609.